The molecule has 12 atom stereocenters. The first-order chi connectivity index (χ1) is 37.9. The van der Waals surface area contributed by atoms with Gasteiger partial charge in [-0.25, -0.2) is 0 Å². The van der Waals surface area contributed by atoms with E-state index in [2.05, 4.69) is 111 Å². The van der Waals surface area contributed by atoms with E-state index in [9.17, 15) is 5.11 Å². The summed E-state index contributed by atoms with van der Waals surface area (Å²) in [5.41, 5.74) is 0. The number of methoxy groups -OCH3 is 7. The van der Waals surface area contributed by atoms with Gasteiger partial charge < -0.3 is 71.8 Å². The van der Waals surface area contributed by atoms with Gasteiger partial charge in [0.25, 0.3) is 0 Å². The summed E-state index contributed by atoms with van der Waals surface area (Å²) < 4.78 is 69.7. The molecule has 0 aromatic heterocycles. The van der Waals surface area contributed by atoms with E-state index in [1.165, 1.54) is 0 Å². The standard InChI is InChI=1S/C17H30O4.C15H26O4.C13H22O3.C10H20O4.C7H11Br/c1-6-8-9-10-11-12-20-13-15(3)17(21-14-18-4)16(7-2)19-5;1-13-11-18-10-8-6-4-5-7-9-14(17-3)15(13)19-12-16-2;1-11-10-16-9-7-5-3-4-6-8-12(15-2)13(11)14;1-5-9(13-4)10(8(2)6-11)14-7-12-3;1-2-3-4-5-6-7-8/h6-7,10-11,15-17H,1-2,8-9,12-14H2,3-5H3;6-9,13-15H,4-5,10-12H2,1-3H3;5-8,11-14H,3-4,9-10H2,1-2H3;5,8-11H,1,6-7H2,2-4H3;2,5-6H,1,3-4,7H2/b11-10+;8-6+,9-7+;7-5+,8-6+;;6-5+/t15-,16+,17+;13-,14+,15+;11-,12+,13+;8-,9+,10+;/m1111./s1. The van der Waals surface area contributed by atoms with Gasteiger partial charge in [-0.1, -0.05) is 141 Å². The van der Waals surface area contributed by atoms with E-state index in [0.717, 1.165) is 56.7 Å². The SMILES string of the molecule is C=CCC/C=C/CBr.C=CCC/C=C/COC[C@@H](C)[C@H](OCOC)[C@H](C=C)OC.C=C[C@H](OC)[C@@H](OCOC)[C@H](C)CO.COCO[C@H]1[C@H](C)COC/C=C/CC/C=C/[C@@H]1OC.CO[C@H]1/C=C/CC/C=C/COC[C@@H](C)[C@@H]1O. The molecule has 2 heterocycles. The van der Waals surface area contributed by atoms with Crippen LogP contribution in [-0.4, -0.2) is 181 Å². The van der Waals surface area contributed by atoms with Gasteiger partial charge in [0.1, 0.15) is 44.8 Å². The molecule has 0 bridgehead atoms. The van der Waals surface area contributed by atoms with Gasteiger partial charge in [0.2, 0.25) is 0 Å². The molecular weight excluding hydrogens is 1060 g/mol. The van der Waals surface area contributed by atoms with Crippen LogP contribution in [0.15, 0.2) is 124 Å². The highest BCUT2D eigenvalue weighted by molar-refractivity contribution is 9.09. The normalized spacial score (nSPS) is 24.1. The number of unbranched alkanes of at least 4 members (excludes halogenated alkanes) is 2. The number of allylic oxidation sites excluding steroid dienone is 9. The zero-order valence-corrected chi connectivity index (χ0v) is 51.6. The van der Waals surface area contributed by atoms with Crippen molar-refractivity contribution in [1.29, 1.82) is 0 Å². The Morgan fingerprint density at radius 2 is 1.08 bits per heavy atom. The Kier molecular flexibility index (Phi) is 61.5. The molecule has 16 heteroatoms. The van der Waals surface area contributed by atoms with Gasteiger partial charge in [-0.2, -0.15) is 0 Å². The zero-order chi connectivity index (χ0) is 58.9. The van der Waals surface area contributed by atoms with Crippen LogP contribution in [0.2, 0.25) is 0 Å². The zero-order valence-electron chi connectivity index (χ0n) is 50.0. The minimum absolute atomic E-state index is 0.0203. The summed E-state index contributed by atoms with van der Waals surface area (Å²) in [7, 11) is 11.3. The molecule has 454 valence electrons. The molecule has 15 nitrogen and oxygen atoms in total. The summed E-state index contributed by atoms with van der Waals surface area (Å²) in [4.78, 5) is 0. The number of aliphatic hydroxyl groups excluding tert-OH is 2. The van der Waals surface area contributed by atoms with Crippen molar-refractivity contribution in [3.8, 4) is 0 Å². The summed E-state index contributed by atoms with van der Waals surface area (Å²) in [5, 5.41) is 20.0. The molecule has 0 aromatic rings. The fourth-order valence-electron chi connectivity index (χ4n) is 7.27. The number of halogens is 1. The quantitative estimate of drug-likeness (QED) is 0.0292. The third kappa shape index (κ3) is 44.0. The first kappa shape index (κ1) is 79.5. The molecular formula is C62H109BrO15. The maximum absolute atomic E-state index is 10.0. The van der Waals surface area contributed by atoms with Crippen LogP contribution in [0.1, 0.15) is 79.1 Å². The monoisotopic (exact) mass is 1170 g/mol. The molecule has 0 unspecified atom stereocenters. The van der Waals surface area contributed by atoms with Gasteiger partial charge >= 0.3 is 0 Å². The second-order valence-corrected chi connectivity index (χ2v) is 19.0. The molecule has 2 aliphatic rings. The second kappa shape index (κ2) is 60.4. The lowest BCUT2D eigenvalue weighted by Gasteiger charge is -2.29. The Labute approximate surface area is 482 Å². The van der Waals surface area contributed by atoms with E-state index in [1.807, 2.05) is 44.2 Å². The lowest BCUT2D eigenvalue weighted by molar-refractivity contribution is -0.135. The largest absolute Gasteiger partial charge is 0.396 e. The highest BCUT2D eigenvalue weighted by Gasteiger charge is 2.28. The molecule has 0 saturated carbocycles. The van der Waals surface area contributed by atoms with Gasteiger partial charge in [-0.05, 0) is 51.4 Å². The Morgan fingerprint density at radius 3 is 1.53 bits per heavy atom. The smallest absolute Gasteiger partial charge is 0.146 e. The van der Waals surface area contributed by atoms with Crippen molar-refractivity contribution in [3.05, 3.63) is 124 Å². The Bertz CT molecular complexity index is 1520. The fourth-order valence-corrected chi connectivity index (χ4v) is 7.53. The maximum atomic E-state index is 10.0. The molecule has 2 aliphatic heterocycles. The third-order valence-corrected chi connectivity index (χ3v) is 12.2. The van der Waals surface area contributed by atoms with E-state index < -0.39 is 6.10 Å². The first-order valence-corrected chi connectivity index (χ1v) is 28.4. The van der Waals surface area contributed by atoms with Crippen LogP contribution in [0.3, 0.4) is 0 Å². The molecule has 2 N–H and O–H groups in total. The van der Waals surface area contributed by atoms with Crippen molar-refractivity contribution < 1.29 is 71.8 Å². The average molecular weight is 1170 g/mol. The molecule has 0 fully saturated rings. The predicted octanol–water partition coefficient (Wildman–Crippen LogP) is 11.5. The van der Waals surface area contributed by atoms with Crippen molar-refractivity contribution in [1.82, 2.24) is 0 Å². The summed E-state index contributed by atoms with van der Waals surface area (Å²) in [6, 6.07) is 0. The highest BCUT2D eigenvalue weighted by atomic mass is 79.9. The van der Waals surface area contributed by atoms with Crippen molar-refractivity contribution in [2.75, 3.05) is 122 Å². The van der Waals surface area contributed by atoms with Crippen molar-refractivity contribution >= 4 is 15.9 Å². The summed E-state index contributed by atoms with van der Waals surface area (Å²) >= 11 is 3.29. The molecule has 0 aliphatic carbocycles. The minimum atomic E-state index is -0.510. The first-order valence-electron chi connectivity index (χ1n) is 27.3. The molecule has 2 rings (SSSR count). The number of hydrogen-bond acceptors (Lipinski definition) is 15. The van der Waals surface area contributed by atoms with Gasteiger partial charge in [0.05, 0.1) is 64.1 Å². The average Bonchev–Trinajstić information content (AvgIpc) is 3.45. The number of alkyl halides is 1. The minimum Gasteiger partial charge on any atom is -0.396 e. The Morgan fingerprint density at radius 1 is 0.603 bits per heavy atom. The molecule has 0 aromatic carbocycles. The van der Waals surface area contributed by atoms with Crippen LogP contribution in [0.25, 0.3) is 0 Å². The van der Waals surface area contributed by atoms with E-state index in [-0.39, 0.29) is 93.4 Å². The number of hydrogen-bond donors (Lipinski definition) is 2. The van der Waals surface area contributed by atoms with Gasteiger partial charge in [0, 0.05) is 85.4 Å². The highest BCUT2D eigenvalue weighted by Crippen LogP contribution is 2.19. The van der Waals surface area contributed by atoms with Gasteiger partial charge in [-0.15, -0.1) is 26.3 Å². The fraction of sp³-hybridized carbons (Fsp3) is 0.677. The lowest BCUT2D eigenvalue weighted by atomic mass is 9.99. The third-order valence-electron chi connectivity index (χ3n) is 11.8. The van der Waals surface area contributed by atoms with Crippen molar-refractivity contribution in [3.63, 3.8) is 0 Å². The topological polar surface area (TPSA) is 160 Å². The van der Waals surface area contributed by atoms with Gasteiger partial charge in [0.15, 0.2) is 0 Å². The molecule has 0 spiro atoms. The molecule has 0 radical (unpaired) electrons. The molecule has 0 saturated heterocycles. The van der Waals surface area contributed by atoms with Crippen LogP contribution >= 0.6 is 15.9 Å². The second-order valence-electron chi connectivity index (χ2n) is 18.4. The summed E-state index contributed by atoms with van der Waals surface area (Å²) in [6.45, 7) is 27.1. The number of rotatable bonds is 31. The van der Waals surface area contributed by atoms with Crippen LogP contribution in [0.4, 0.5) is 0 Å². The summed E-state index contributed by atoms with van der Waals surface area (Å²) in [5.74, 6) is 0.456. The molecule has 0 amide bonds. The van der Waals surface area contributed by atoms with E-state index in [0.29, 0.717) is 39.6 Å². The van der Waals surface area contributed by atoms with Crippen LogP contribution in [-0.2, 0) is 61.6 Å². The predicted molar refractivity (Wildman–Crippen MR) is 322 cm³/mol. The van der Waals surface area contributed by atoms with Crippen LogP contribution < -0.4 is 0 Å². The Balaban J connectivity index is -0.000000926. The van der Waals surface area contributed by atoms with Crippen LogP contribution in [0.5, 0.6) is 0 Å². The maximum Gasteiger partial charge on any atom is 0.146 e. The van der Waals surface area contributed by atoms with Gasteiger partial charge in [-0.3, -0.25) is 0 Å². The van der Waals surface area contributed by atoms with Crippen molar-refractivity contribution in [2.45, 2.75) is 128 Å². The number of aliphatic hydroxyl groups is 2. The molecule has 78 heavy (non-hydrogen) atoms. The summed E-state index contributed by atoms with van der Waals surface area (Å²) in [6.07, 6.45) is 38.8. The van der Waals surface area contributed by atoms with E-state index in [1.54, 1.807) is 61.9 Å². The number of ether oxygens (including phenoxy) is 13. The lowest BCUT2D eigenvalue weighted by Crippen LogP contribution is -2.37. The van der Waals surface area contributed by atoms with E-state index >= 15 is 0 Å². The Hall–Kier alpha value is -2.72. The van der Waals surface area contributed by atoms with E-state index in [4.69, 9.17) is 66.7 Å². The van der Waals surface area contributed by atoms with Crippen molar-refractivity contribution in [2.24, 2.45) is 23.7 Å². The van der Waals surface area contributed by atoms with Crippen LogP contribution in [0, 0.1) is 23.7 Å².